The maximum absolute atomic E-state index is 12.8. The number of ether oxygens (including phenoxy) is 3. The summed E-state index contributed by atoms with van der Waals surface area (Å²) >= 11 is 0. The Hall–Kier alpha value is -2.45. The molecule has 8 heteroatoms. The highest BCUT2D eigenvalue weighted by Crippen LogP contribution is 2.16. The molecule has 0 aromatic carbocycles. The zero-order valence-electron chi connectivity index (χ0n) is 40.6. The smallest absolute Gasteiger partial charge is 0.306 e. The van der Waals surface area contributed by atoms with Crippen LogP contribution in [0.5, 0.6) is 0 Å². The van der Waals surface area contributed by atoms with Crippen LogP contribution in [0, 0.1) is 0 Å². The number of unbranched alkanes of at least 4 members (excludes halogenated alkanes) is 26. The lowest BCUT2D eigenvalue weighted by Crippen LogP contribution is -2.55. The lowest BCUT2D eigenvalue weighted by atomic mass is 10.0. The Morgan fingerprint density at radius 1 is 0.492 bits per heavy atom. The van der Waals surface area contributed by atoms with Gasteiger partial charge in [0.1, 0.15) is 12.6 Å². The summed E-state index contributed by atoms with van der Waals surface area (Å²) in [5.41, 5.74) is 0. The summed E-state index contributed by atoms with van der Waals surface area (Å²) in [6.45, 7) is 4.64. The van der Waals surface area contributed by atoms with Gasteiger partial charge in [-0.3, -0.25) is 9.59 Å². The molecule has 0 aromatic heterocycles. The van der Waals surface area contributed by atoms with Crippen LogP contribution in [0.25, 0.3) is 0 Å². The molecule has 0 fully saturated rings. The summed E-state index contributed by atoms with van der Waals surface area (Å²) in [7, 11) is 5.41. The molecule has 0 aliphatic carbocycles. The molecule has 0 aromatic rings. The fraction of sp³-hybridized carbons (Fsp3) is 0.830. The summed E-state index contributed by atoms with van der Waals surface area (Å²) in [5, 5.41) is 11.7. The fourth-order valence-corrected chi connectivity index (χ4v) is 7.56. The number of carboxylic acid groups (broad SMARTS) is 1. The molecule has 0 spiro atoms. The van der Waals surface area contributed by atoms with Gasteiger partial charge in [-0.05, 0) is 44.9 Å². The van der Waals surface area contributed by atoms with E-state index in [9.17, 15) is 19.5 Å². The zero-order chi connectivity index (χ0) is 44.9. The van der Waals surface area contributed by atoms with E-state index in [0.717, 1.165) is 38.5 Å². The highest BCUT2D eigenvalue weighted by Gasteiger charge is 2.25. The quantitative estimate of drug-likeness (QED) is 0.0260. The Morgan fingerprint density at radius 2 is 0.885 bits per heavy atom. The first-order valence-electron chi connectivity index (χ1n) is 25.5. The van der Waals surface area contributed by atoms with Crippen molar-refractivity contribution in [1.82, 2.24) is 0 Å². The van der Waals surface area contributed by atoms with E-state index in [1.54, 1.807) is 21.1 Å². The molecule has 0 rings (SSSR count). The van der Waals surface area contributed by atoms with E-state index in [-0.39, 0.29) is 49.1 Å². The number of hydrogen-bond donors (Lipinski definition) is 0. The van der Waals surface area contributed by atoms with Crippen molar-refractivity contribution >= 4 is 17.9 Å². The SMILES string of the molecule is CCCCCCCC/C=C/C/C=C/C/C=C/CCCC(=O)OCC(COCCC(C(=O)[O-])[N+](C)(C)C)OC(=O)CCCCCCCCCCCCCCCCCCCCCC. The first-order chi connectivity index (χ1) is 29.6. The Balaban J connectivity index is 4.29. The second-order valence-corrected chi connectivity index (χ2v) is 18.4. The van der Waals surface area contributed by atoms with Crippen LogP contribution in [0.2, 0.25) is 0 Å². The number of rotatable bonds is 46. The maximum Gasteiger partial charge on any atom is 0.306 e. The van der Waals surface area contributed by atoms with Gasteiger partial charge < -0.3 is 28.6 Å². The first kappa shape index (κ1) is 58.6. The van der Waals surface area contributed by atoms with E-state index in [1.807, 2.05) is 0 Å². The molecule has 356 valence electrons. The second kappa shape index (κ2) is 44.2. The Bertz CT molecular complexity index is 1090. The van der Waals surface area contributed by atoms with Crippen LogP contribution in [0.15, 0.2) is 36.5 Å². The van der Waals surface area contributed by atoms with Gasteiger partial charge in [0, 0.05) is 19.3 Å². The van der Waals surface area contributed by atoms with Crippen LogP contribution in [0.1, 0.15) is 232 Å². The third-order valence-electron chi connectivity index (χ3n) is 11.5. The molecule has 0 heterocycles. The zero-order valence-corrected chi connectivity index (χ0v) is 40.6. The average Bonchev–Trinajstić information content (AvgIpc) is 3.22. The molecular weight excluding hydrogens is 763 g/mol. The van der Waals surface area contributed by atoms with E-state index in [0.29, 0.717) is 12.8 Å². The van der Waals surface area contributed by atoms with Crippen molar-refractivity contribution in [3.05, 3.63) is 36.5 Å². The number of aliphatic carboxylic acids is 1. The Morgan fingerprint density at radius 3 is 1.33 bits per heavy atom. The van der Waals surface area contributed by atoms with Crippen molar-refractivity contribution in [2.45, 2.75) is 244 Å². The largest absolute Gasteiger partial charge is 0.544 e. The fourth-order valence-electron chi connectivity index (χ4n) is 7.56. The minimum atomic E-state index is -1.13. The van der Waals surface area contributed by atoms with E-state index in [2.05, 4.69) is 50.3 Å². The molecule has 0 saturated carbocycles. The van der Waals surface area contributed by atoms with Crippen LogP contribution >= 0.6 is 0 Å². The number of nitrogens with zero attached hydrogens (tertiary/aromatic N) is 1. The van der Waals surface area contributed by atoms with Gasteiger partial charge >= 0.3 is 11.9 Å². The van der Waals surface area contributed by atoms with Crippen molar-refractivity contribution in [1.29, 1.82) is 0 Å². The summed E-state index contributed by atoms with van der Waals surface area (Å²) < 4.78 is 17.2. The minimum Gasteiger partial charge on any atom is -0.544 e. The highest BCUT2D eigenvalue weighted by atomic mass is 16.6. The molecule has 0 saturated heterocycles. The predicted molar refractivity (Wildman–Crippen MR) is 254 cm³/mol. The third-order valence-corrected chi connectivity index (χ3v) is 11.5. The molecule has 0 aliphatic heterocycles. The van der Waals surface area contributed by atoms with Gasteiger partial charge in [-0.15, -0.1) is 0 Å². The van der Waals surface area contributed by atoms with Gasteiger partial charge in [-0.2, -0.15) is 0 Å². The standard InChI is InChI=1S/C53H97NO7/c1-6-8-10-12-14-16-18-20-22-24-25-26-28-30-32-34-36-38-40-42-44-52(56)61-49(47-59-46-45-50(53(57)58)54(3,4)5)48-60-51(55)43-41-39-37-35-33-31-29-27-23-21-19-17-15-13-11-9-7-2/h21,23,29,31,35,37,49-50H,6-20,22,24-28,30,32-34,36,38-48H2,1-5H3/b23-21+,31-29+,37-35+. The van der Waals surface area contributed by atoms with E-state index >= 15 is 0 Å². The van der Waals surface area contributed by atoms with Gasteiger partial charge in [0.05, 0.1) is 40.3 Å². The van der Waals surface area contributed by atoms with Crippen molar-refractivity contribution in [3.8, 4) is 0 Å². The van der Waals surface area contributed by atoms with Crippen LogP contribution in [0.3, 0.4) is 0 Å². The lowest BCUT2D eigenvalue weighted by Gasteiger charge is -2.34. The van der Waals surface area contributed by atoms with Gasteiger partial charge in [0.25, 0.3) is 0 Å². The lowest BCUT2D eigenvalue weighted by molar-refractivity contribution is -0.889. The van der Waals surface area contributed by atoms with E-state index < -0.39 is 18.1 Å². The van der Waals surface area contributed by atoms with Gasteiger partial charge in [0.15, 0.2) is 6.10 Å². The number of hydrogen-bond acceptors (Lipinski definition) is 7. The first-order valence-corrected chi connectivity index (χ1v) is 25.5. The average molecular weight is 860 g/mol. The van der Waals surface area contributed by atoms with Crippen molar-refractivity contribution < 1.29 is 38.2 Å². The number of likely N-dealkylation sites (N-methyl/N-ethyl adjacent to an activating group) is 1. The monoisotopic (exact) mass is 860 g/mol. The number of carbonyl (C=O) groups excluding carboxylic acids is 3. The van der Waals surface area contributed by atoms with E-state index in [4.69, 9.17) is 14.2 Å². The number of quaternary nitrogens is 1. The summed E-state index contributed by atoms with van der Waals surface area (Å²) in [6, 6.07) is -0.732. The highest BCUT2D eigenvalue weighted by molar-refractivity contribution is 5.70. The van der Waals surface area contributed by atoms with Crippen molar-refractivity contribution in [2.75, 3.05) is 41.0 Å². The Kier molecular flexibility index (Phi) is 42.4. The van der Waals surface area contributed by atoms with Gasteiger partial charge in [0.2, 0.25) is 0 Å². The molecule has 61 heavy (non-hydrogen) atoms. The molecular formula is C53H97NO7. The molecule has 0 N–H and O–H groups in total. The molecule has 2 unspecified atom stereocenters. The van der Waals surface area contributed by atoms with E-state index in [1.165, 1.54) is 154 Å². The van der Waals surface area contributed by atoms with Gasteiger partial charge in [-0.1, -0.05) is 204 Å². The van der Waals surface area contributed by atoms with Crippen molar-refractivity contribution in [3.63, 3.8) is 0 Å². The molecule has 0 aliphatic rings. The van der Waals surface area contributed by atoms with Crippen LogP contribution in [0.4, 0.5) is 0 Å². The number of carboxylic acids is 1. The summed E-state index contributed by atoms with van der Waals surface area (Å²) in [4.78, 5) is 37.0. The summed E-state index contributed by atoms with van der Waals surface area (Å²) in [5.74, 6) is -1.79. The topological polar surface area (TPSA) is 102 Å². The molecule has 0 bridgehead atoms. The maximum atomic E-state index is 12.8. The van der Waals surface area contributed by atoms with Crippen molar-refractivity contribution in [2.24, 2.45) is 0 Å². The second-order valence-electron chi connectivity index (χ2n) is 18.4. The summed E-state index contributed by atoms with van der Waals surface area (Å²) in [6.07, 6.45) is 51.8. The third kappa shape index (κ3) is 42.6. The number of allylic oxidation sites excluding steroid dienone is 6. The Labute approximate surface area is 376 Å². The molecule has 0 amide bonds. The van der Waals surface area contributed by atoms with Crippen LogP contribution < -0.4 is 5.11 Å². The molecule has 8 nitrogen and oxygen atoms in total. The molecule has 0 radical (unpaired) electrons. The predicted octanol–water partition coefficient (Wildman–Crippen LogP) is 13.3. The van der Waals surface area contributed by atoms with Crippen LogP contribution in [-0.4, -0.2) is 75.5 Å². The number of esters is 2. The van der Waals surface area contributed by atoms with Gasteiger partial charge in [-0.25, -0.2) is 0 Å². The minimum absolute atomic E-state index is 0.0281. The normalized spacial score (nSPS) is 13.1. The van der Waals surface area contributed by atoms with Crippen LogP contribution in [-0.2, 0) is 28.6 Å². The molecule has 2 atom stereocenters. The number of carbonyl (C=O) groups is 3.